The van der Waals surface area contributed by atoms with Crippen molar-refractivity contribution in [2.45, 2.75) is 32.2 Å². The van der Waals surface area contributed by atoms with Gasteiger partial charge in [-0.05, 0) is 60.6 Å². The molecular formula is C24H22ClNO. The molecule has 0 unspecified atom stereocenters. The minimum absolute atomic E-state index is 0.790. The molecule has 1 heterocycles. The monoisotopic (exact) mass is 375 g/mol. The Labute approximate surface area is 164 Å². The molecule has 0 aliphatic heterocycles. The zero-order chi connectivity index (χ0) is 18.4. The summed E-state index contributed by atoms with van der Waals surface area (Å²) in [6.07, 6.45) is 4.69. The van der Waals surface area contributed by atoms with Crippen LogP contribution in [0.4, 0.5) is 0 Å². The molecule has 2 nitrogen and oxygen atoms in total. The van der Waals surface area contributed by atoms with Crippen molar-refractivity contribution in [3.8, 4) is 5.75 Å². The quantitative estimate of drug-likeness (QED) is 0.405. The molecule has 27 heavy (non-hydrogen) atoms. The fraction of sp³-hybridized carbons (Fsp3) is 0.250. The van der Waals surface area contributed by atoms with Crippen LogP contribution in [0.25, 0.3) is 21.8 Å². The normalized spacial score (nSPS) is 13.9. The summed E-state index contributed by atoms with van der Waals surface area (Å²) in [5.74, 6) is 1.02. The third kappa shape index (κ3) is 2.62. The summed E-state index contributed by atoms with van der Waals surface area (Å²) in [4.78, 5) is 0. The van der Waals surface area contributed by atoms with Crippen molar-refractivity contribution in [2.24, 2.45) is 0 Å². The van der Waals surface area contributed by atoms with Gasteiger partial charge in [-0.25, -0.2) is 0 Å². The summed E-state index contributed by atoms with van der Waals surface area (Å²) >= 11 is 6.70. The first kappa shape index (κ1) is 16.7. The Balaban J connectivity index is 1.89. The van der Waals surface area contributed by atoms with Gasteiger partial charge in [0.1, 0.15) is 5.75 Å². The van der Waals surface area contributed by atoms with Crippen molar-refractivity contribution < 1.29 is 4.74 Å². The lowest BCUT2D eigenvalue weighted by atomic mass is 9.89. The van der Waals surface area contributed by atoms with E-state index in [1.165, 1.54) is 40.6 Å². The van der Waals surface area contributed by atoms with E-state index in [2.05, 4.69) is 47.0 Å². The van der Waals surface area contributed by atoms with Crippen LogP contribution < -0.4 is 4.74 Å². The molecule has 0 amide bonds. The summed E-state index contributed by atoms with van der Waals surface area (Å²) in [6, 6.07) is 19.2. The first-order valence-electron chi connectivity index (χ1n) is 9.61. The van der Waals surface area contributed by atoms with E-state index in [1.54, 1.807) is 7.11 Å². The zero-order valence-corrected chi connectivity index (χ0v) is 16.2. The van der Waals surface area contributed by atoms with Crippen LogP contribution in [0.2, 0.25) is 5.02 Å². The third-order valence-electron chi connectivity index (χ3n) is 5.79. The molecule has 1 aromatic heterocycles. The summed E-state index contributed by atoms with van der Waals surface area (Å²) in [5, 5.41) is 3.06. The number of benzene rings is 3. The molecule has 0 saturated heterocycles. The van der Waals surface area contributed by atoms with E-state index in [0.717, 1.165) is 40.9 Å². The second-order valence-electron chi connectivity index (χ2n) is 7.35. The van der Waals surface area contributed by atoms with Crippen LogP contribution in [0, 0.1) is 0 Å². The standard InChI is InChI=1S/C24H22ClNO/c1-27-24-18-11-6-5-10-17(18)14-21-23(24)22-19(25)12-7-13-20(22)26(21)15-16-8-3-2-4-9-16/h2-4,7-9,12-14H,5-6,10-11,15H2,1H3. The predicted octanol–water partition coefficient (Wildman–Crippen LogP) is 6.38. The maximum absolute atomic E-state index is 6.70. The lowest BCUT2D eigenvalue weighted by Crippen LogP contribution is -2.06. The van der Waals surface area contributed by atoms with Crippen LogP contribution in [0.5, 0.6) is 5.75 Å². The number of aromatic nitrogens is 1. The Hall–Kier alpha value is -2.45. The van der Waals surface area contributed by atoms with E-state index in [9.17, 15) is 0 Å². The van der Waals surface area contributed by atoms with Crippen LogP contribution in [-0.2, 0) is 19.4 Å². The maximum Gasteiger partial charge on any atom is 0.132 e. The van der Waals surface area contributed by atoms with E-state index >= 15 is 0 Å². The van der Waals surface area contributed by atoms with Crippen LogP contribution in [-0.4, -0.2) is 11.7 Å². The predicted molar refractivity (Wildman–Crippen MR) is 113 cm³/mol. The van der Waals surface area contributed by atoms with Crippen molar-refractivity contribution in [1.29, 1.82) is 0 Å². The number of nitrogens with zero attached hydrogens (tertiary/aromatic N) is 1. The number of fused-ring (bicyclic) bond motifs is 4. The average molecular weight is 376 g/mol. The molecule has 3 aromatic carbocycles. The van der Waals surface area contributed by atoms with Gasteiger partial charge in [-0.3, -0.25) is 0 Å². The molecule has 0 spiro atoms. The average Bonchev–Trinajstić information content (AvgIpc) is 3.01. The highest BCUT2D eigenvalue weighted by molar-refractivity contribution is 6.38. The van der Waals surface area contributed by atoms with E-state index in [-0.39, 0.29) is 0 Å². The van der Waals surface area contributed by atoms with Crippen LogP contribution in [0.3, 0.4) is 0 Å². The van der Waals surface area contributed by atoms with Gasteiger partial charge in [0.25, 0.3) is 0 Å². The lowest BCUT2D eigenvalue weighted by molar-refractivity contribution is 0.411. The minimum Gasteiger partial charge on any atom is -0.496 e. The van der Waals surface area contributed by atoms with Crippen molar-refractivity contribution >= 4 is 33.4 Å². The zero-order valence-electron chi connectivity index (χ0n) is 15.5. The summed E-state index contributed by atoms with van der Waals surface area (Å²) < 4.78 is 8.37. The Kier molecular flexibility index (Phi) is 4.09. The number of aryl methyl sites for hydroxylation is 1. The minimum atomic E-state index is 0.790. The van der Waals surface area contributed by atoms with Gasteiger partial charge in [-0.2, -0.15) is 0 Å². The molecule has 0 bridgehead atoms. The second-order valence-corrected chi connectivity index (χ2v) is 7.76. The van der Waals surface area contributed by atoms with Gasteiger partial charge < -0.3 is 9.30 Å². The van der Waals surface area contributed by atoms with Gasteiger partial charge >= 0.3 is 0 Å². The molecule has 0 atom stereocenters. The number of methoxy groups -OCH3 is 1. The summed E-state index contributed by atoms with van der Waals surface area (Å²) in [7, 11) is 1.79. The van der Waals surface area contributed by atoms with Gasteiger partial charge in [0.2, 0.25) is 0 Å². The lowest BCUT2D eigenvalue weighted by Gasteiger charge is -2.20. The molecule has 0 N–H and O–H groups in total. The molecule has 0 radical (unpaired) electrons. The molecule has 1 aliphatic rings. The van der Waals surface area contributed by atoms with Gasteiger partial charge in [-0.1, -0.05) is 48.0 Å². The van der Waals surface area contributed by atoms with Crippen molar-refractivity contribution in [2.75, 3.05) is 7.11 Å². The first-order chi connectivity index (χ1) is 13.3. The topological polar surface area (TPSA) is 14.2 Å². The van der Waals surface area contributed by atoms with E-state index < -0.39 is 0 Å². The van der Waals surface area contributed by atoms with Gasteiger partial charge in [0.05, 0.1) is 28.6 Å². The van der Waals surface area contributed by atoms with E-state index in [0.29, 0.717) is 0 Å². The highest BCUT2D eigenvalue weighted by atomic mass is 35.5. The highest BCUT2D eigenvalue weighted by Gasteiger charge is 2.23. The molecule has 0 saturated carbocycles. The molecule has 0 fully saturated rings. The Morgan fingerprint density at radius 1 is 0.926 bits per heavy atom. The van der Waals surface area contributed by atoms with Crippen LogP contribution in [0.1, 0.15) is 29.5 Å². The largest absolute Gasteiger partial charge is 0.496 e. The van der Waals surface area contributed by atoms with Gasteiger partial charge in [0, 0.05) is 11.9 Å². The number of hydrogen-bond donors (Lipinski definition) is 0. The van der Waals surface area contributed by atoms with Crippen molar-refractivity contribution in [3.63, 3.8) is 0 Å². The van der Waals surface area contributed by atoms with Gasteiger partial charge in [0.15, 0.2) is 0 Å². The number of hydrogen-bond acceptors (Lipinski definition) is 1. The Morgan fingerprint density at radius 2 is 1.74 bits per heavy atom. The SMILES string of the molecule is COc1c2c(cc3c1c1c(Cl)cccc1n3Cc1ccccc1)CCCC2. The molecule has 3 heteroatoms. The Bertz CT molecular complexity index is 1140. The number of halogens is 1. The maximum atomic E-state index is 6.70. The van der Waals surface area contributed by atoms with Gasteiger partial charge in [-0.15, -0.1) is 0 Å². The molecule has 1 aliphatic carbocycles. The first-order valence-corrected chi connectivity index (χ1v) is 9.99. The summed E-state index contributed by atoms with van der Waals surface area (Å²) in [6.45, 7) is 0.823. The van der Waals surface area contributed by atoms with Crippen molar-refractivity contribution in [3.05, 3.63) is 76.3 Å². The van der Waals surface area contributed by atoms with E-state index in [1.807, 2.05) is 12.1 Å². The fourth-order valence-electron chi connectivity index (χ4n) is 4.58. The summed E-state index contributed by atoms with van der Waals surface area (Å²) in [5.41, 5.74) is 6.48. The van der Waals surface area contributed by atoms with Crippen LogP contribution in [0.15, 0.2) is 54.6 Å². The molecule has 5 rings (SSSR count). The number of rotatable bonds is 3. The third-order valence-corrected chi connectivity index (χ3v) is 6.10. The Morgan fingerprint density at radius 3 is 2.56 bits per heavy atom. The van der Waals surface area contributed by atoms with Crippen LogP contribution >= 0.6 is 11.6 Å². The highest BCUT2D eigenvalue weighted by Crippen LogP contribution is 2.44. The second kappa shape index (κ2) is 6.61. The molecule has 4 aromatic rings. The molecule has 136 valence electrons. The number of ether oxygens (including phenoxy) is 1. The fourth-order valence-corrected chi connectivity index (χ4v) is 4.85. The molecular weight excluding hydrogens is 354 g/mol. The van der Waals surface area contributed by atoms with Crippen molar-refractivity contribution in [1.82, 2.24) is 4.57 Å². The van der Waals surface area contributed by atoms with E-state index in [4.69, 9.17) is 16.3 Å². The smallest absolute Gasteiger partial charge is 0.132 e.